The van der Waals surface area contributed by atoms with Gasteiger partial charge in [-0.1, -0.05) is 18.2 Å². The van der Waals surface area contributed by atoms with E-state index in [4.69, 9.17) is 30.3 Å². The normalized spacial score (nSPS) is 31.9. The van der Waals surface area contributed by atoms with Gasteiger partial charge in [0.05, 0.1) is 12.2 Å². The number of hydrogen-bond acceptors (Lipinski definition) is 8. The number of hydrogen-bond donors (Lipinski definition) is 3. The molecule has 2 rings (SSSR count). The van der Waals surface area contributed by atoms with E-state index in [1.165, 1.54) is 20.8 Å². The molecule has 0 radical (unpaired) electrons. The summed E-state index contributed by atoms with van der Waals surface area (Å²) in [5.41, 5.74) is -1.82. The zero-order valence-electron chi connectivity index (χ0n) is 17.6. The number of ether oxygens (including phenoxy) is 2. The summed E-state index contributed by atoms with van der Waals surface area (Å²) in [6, 6.07) is 7.55. The Bertz CT molecular complexity index is 781. The number of nitrogens with one attached hydrogen (secondary N) is 1. The highest BCUT2D eigenvalue weighted by Crippen LogP contribution is 2.48. The monoisotopic (exact) mass is 465 g/mol. The SMILES string of the molecule is CC(C)OC(=O)[C@@H](C)NP(=S)(OC[C@@]1(F)O[C@@H](C)[C@](C)(O)[C@@H]1O)Oc1ccccc1. The van der Waals surface area contributed by atoms with Crippen molar-refractivity contribution in [2.24, 2.45) is 0 Å². The van der Waals surface area contributed by atoms with Crippen LogP contribution in [0.1, 0.15) is 34.6 Å². The first-order valence-corrected chi connectivity index (χ1v) is 12.2. The number of carbonyl (C=O) groups excluding carboxylic acids is 1. The van der Waals surface area contributed by atoms with Crippen LogP contribution in [0.4, 0.5) is 4.39 Å². The third-order valence-electron chi connectivity index (χ3n) is 4.61. The minimum Gasteiger partial charge on any atom is -0.462 e. The predicted octanol–water partition coefficient (Wildman–Crippen LogP) is 2.43. The van der Waals surface area contributed by atoms with Crippen LogP contribution >= 0.6 is 6.64 Å². The molecule has 0 amide bonds. The average molecular weight is 465 g/mol. The third kappa shape index (κ3) is 5.97. The molecule has 1 aromatic rings. The molecule has 1 aromatic carbocycles. The van der Waals surface area contributed by atoms with Gasteiger partial charge in [-0.05, 0) is 58.6 Å². The number of aliphatic hydroxyl groups excluding tert-OH is 1. The molecule has 0 spiro atoms. The third-order valence-corrected chi connectivity index (χ3v) is 7.09. The van der Waals surface area contributed by atoms with Gasteiger partial charge < -0.3 is 28.7 Å². The number of aliphatic hydroxyl groups is 2. The lowest BCUT2D eigenvalue weighted by Gasteiger charge is -2.31. The quantitative estimate of drug-likeness (QED) is 0.374. The summed E-state index contributed by atoms with van der Waals surface area (Å²) >= 11 is 5.48. The molecule has 0 aromatic heterocycles. The van der Waals surface area contributed by atoms with E-state index in [0.717, 1.165) is 0 Å². The highest BCUT2D eigenvalue weighted by molar-refractivity contribution is 8.09. The van der Waals surface area contributed by atoms with Gasteiger partial charge >= 0.3 is 12.6 Å². The second kappa shape index (κ2) is 9.56. The van der Waals surface area contributed by atoms with Crippen molar-refractivity contribution in [1.82, 2.24) is 5.09 Å². The van der Waals surface area contributed by atoms with Crippen LogP contribution in [-0.4, -0.2) is 58.6 Å². The number of esters is 1. The molecule has 1 heterocycles. The van der Waals surface area contributed by atoms with Gasteiger partial charge in [-0.15, -0.1) is 0 Å². The lowest BCUT2D eigenvalue weighted by molar-refractivity contribution is -0.190. The summed E-state index contributed by atoms with van der Waals surface area (Å²) in [4.78, 5) is 12.2. The van der Waals surface area contributed by atoms with E-state index in [-0.39, 0.29) is 6.10 Å². The van der Waals surface area contributed by atoms with Gasteiger partial charge in [0, 0.05) is 0 Å². The molecule has 1 saturated heterocycles. The Labute approximate surface area is 180 Å². The number of para-hydroxylation sites is 1. The van der Waals surface area contributed by atoms with Crippen LogP contribution in [0.3, 0.4) is 0 Å². The van der Waals surface area contributed by atoms with Crippen LogP contribution in [0.15, 0.2) is 30.3 Å². The predicted molar refractivity (Wildman–Crippen MR) is 112 cm³/mol. The minimum absolute atomic E-state index is 0.338. The van der Waals surface area contributed by atoms with Gasteiger partial charge in [0.1, 0.15) is 30.1 Å². The summed E-state index contributed by atoms with van der Waals surface area (Å²) in [5, 5.41) is 23.2. The number of benzene rings is 1. The van der Waals surface area contributed by atoms with E-state index >= 15 is 4.39 Å². The molecule has 0 aliphatic carbocycles. The first-order chi connectivity index (χ1) is 13.8. The maximum Gasteiger partial charge on any atom is 0.323 e. The van der Waals surface area contributed by atoms with Gasteiger partial charge in [-0.3, -0.25) is 4.79 Å². The van der Waals surface area contributed by atoms with Gasteiger partial charge in [0.15, 0.2) is 0 Å². The molecule has 30 heavy (non-hydrogen) atoms. The summed E-state index contributed by atoms with van der Waals surface area (Å²) in [7, 11) is 0. The first-order valence-electron chi connectivity index (χ1n) is 9.54. The molecular weight excluding hydrogens is 436 g/mol. The Hall–Kier alpha value is -1.13. The Morgan fingerprint density at radius 2 is 1.97 bits per heavy atom. The van der Waals surface area contributed by atoms with Crippen molar-refractivity contribution in [3.8, 4) is 5.75 Å². The summed E-state index contributed by atoms with van der Waals surface area (Å²) in [6.07, 6.45) is -3.19. The Morgan fingerprint density at radius 3 is 2.47 bits per heavy atom. The fourth-order valence-corrected chi connectivity index (χ4v) is 5.15. The molecule has 1 aliphatic heterocycles. The molecule has 1 fully saturated rings. The Kier molecular flexibility index (Phi) is 8.01. The van der Waals surface area contributed by atoms with Gasteiger partial charge in [-0.25, -0.2) is 9.48 Å². The van der Waals surface area contributed by atoms with Crippen LogP contribution in [-0.2, 0) is 30.6 Å². The smallest absolute Gasteiger partial charge is 0.323 e. The van der Waals surface area contributed by atoms with Gasteiger partial charge in [0.2, 0.25) is 0 Å². The largest absolute Gasteiger partial charge is 0.462 e. The molecular formula is C19H29FNO7PS. The van der Waals surface area contributed by atoms with Crippen LogP contribution < -0.4 is 9.61 Å². The molecule has 8 nitrogen and oxygen atoms in total. The Morgan fingerprint density at radius 1 is 1.37 bits per heavy atom. The molecule has 11 heteroatoms. The van der Waals surface area contributed by atoms with Crippen molar-refractivity contribution < 1.29 is 37.9 Å². The van der Waals surface area contributed by atoms with Gasteiger partial charge in [-0.2, -0.15) is 0 Å². The van der Waals surface area contributed by atoms with Crippen LogP contribution in [0.5, 0.6) is 5.75 Å². The number of rotatable bonds is 9. The van der Waals surface area contributed by atoms with E-state index in [0.29, 0.717) is 5.75 Å². The second-order valence-corrected chi connectivity index (χ2v) is 10.8. The lowest BCUT2D eigenvalue weighted by atomic mass is 9.93. The van der Waals surface area contributed by atoms with Gasteiger partial charge in [0.25, 0.3) is 5.85 Å². The number of alkyl halides is 1. The highest BCUT2D eigenvalue weighted by Gasteiger charge is 2.61. The van der Waals surface area contributed by atoms with E-state index in [2.05, 4.69) is 5.09 Å². The van der Waals surface area contributed by atoms with Crippen molar-refractivity contribution >= 4 is 24.4 Å². The number of carbonyl (C=O) groups is 1. The molecule has 1 aliphatic rings. The summed E-state index contributed by atoms with van der Waals surface area (Å²) < 4.78 is 36.8. The lowest BCUT2D eigenvalue weighted by Crippen LogP contribution is -2.49. The summed E-state index contributed by atoms with van der Waals surface area (Å²) in [6.45, 7) is 3.30. The van der Waals surface area contributed by atoms with Crippen LogP contribution in [0, 0.1) is 0 Å². The molecule has 6 atom stereocenters. The standard InChI is InChI=1S/C19H29FNO7PS/c1-12(2)26-16(22)13(3)21-29(30,28-15-9-7-6-8-10-15)25-11-19(20)17(23)18(5,24)14(4)27-19/h6-10,12-14,17,23-24H,11H2,1-5H3,(H,21,30)/t13-,14+,17+,18+,19-,29?/m1/s1. The average Bonchev–Trinajstić information content (AvgIpc) is 2.80. The van der Waals surface area contributed by atoms with Crippen LogP contribution in [0.2, 0.25) is 0 Å². The van der Waals surface area contributed by atoms with Crippen molar-refractivity contribution in [3.05, 3.63) is 30.3 Å². The fraction of sp³-hybridized carbons (Fsp3) is 0.632. The van der Waals surface area contributed by atoms with Crippen molar-refractivity contribution in [1.29, 1.82) is 0 Å². The van der Waals surface area contributed by atoms with Crippen LogP contribution in [0.25, 0.3) is 0 Å². The molecule has 1 unspecified atom stereocenters. The topological polar surface area (TPSA) is 106 Å². The van der Waals surface area contributed by atoms with E-state index in [1.54, 1.807) is 44.2 Å². The zero-order chi connectivity index (χ0) is 22.7. The van der Waals surface area contributed by atoms with E-state index in [9.17, 15) is 15.0 Å². The first kappa shape index (κ1) is 25.1. The maximum atomic E-state index is 15.2. The molecule has 0 bridgehead atoms. The molecule has 3 N–H and O–H groups in total. The Balaban J connectivity index is 2.19. The second-order valence-electron chi connectivity index (χ2n) is 7.69. The summed E-state index contributed by atoms with van der Waals surface area (Å²) in [5.74, 6) is -2.95. The minimum atomic E-state index is -3.51. The fourth-order valence-electron chi connectivity index (χ4n) is 2.76. The number of halogens is 1. The van der Waals surface area contributed by atoms with Crippen molar-refractivity contribution in [2.75, 3.05) is 6.61 Å². The molecule has 170 valence electrons. The zero-order valence-corrected chi connectivity index (χ0v) is 19.3. The van der Waals surface area contributed by atoms with E-state index in [1.807, 2.05) is 0 Å². The van der Waals surface area contributed by atoms with E-state index < -0.39 is 48.9 Å². The molecule has 0 saturated carbocycles. The maximum absolute atomic E-state index is 15.2. The van der Waals surface area contributed by atoms with Crippen molar-refractivity contribution in [3.63, 3.8) is 0 Å². The van der Waals surface area contributed by atoms with Crippen molar-refractivity contribution in [2.45, 2.75) is 70.4 Å². The highest BCUT2D eigenvalue weighted by atomic mass is 32.5.